The first-order valence-electron chi connectivity index (χ1n) is 5.37. The normalized spacial score (nSPS) is 10.7. The molecule has 0 atom stereocenters. The van der Waals surface area contributed by atoms with Crippen LogP contribution in [0, 0.1) is 13.8 Å². The van der Waals surface area contributed by atoms with E-state index in [1.54, 1.807) is 13.8 Å². The van der Waals surface area contributed by atoms with Crippen LogP contribution in [0.25, 0.3) is 5.69 Å². The molecule has 0 spiro atoms. The minimum atomic E-state index is -1.13. The van der Waals surface area contributed by atoms with Gasteiger partial charge in [-0.15, -0.1) is 0 Å². The molecule has 0 aliphatic heterocycles. The topological polar surface area (TPSA) is 81.1 Å². The van der Waals surface area contributed by atoms with Crippen LogP contribution in [0.5, 0.6) is 0 Å². The van der Waals surface area contributed by atoms with Crippen molar-refractivity contribution in [3.63, 3.8) is 0 Å². The van der Waals surface area contributed by atoms with Gasteiger partial charge in [-0.2, -0.15) is 5.10 Å². The van der Waals surface area contributed by atoms with Crippen molar-refractivity contribution in [1.29, 1.82) is 0 Å². The van der Waals surface area contributed by atoms with Crippen molar-refractivity contribution in [2.45, 2.75) is 13.8 Å². The highest BCUT2D eigenvalue weighted by molar-refractivity contribution is 6.34. The average Bonchev–Trinajstić information content (AvgIpc) is 2.56. The van der Waals surface area contributed by atoms with E-state index in [1.165, 1.54) is 16.8 Å². The largest absolute Gasteiger partial charge is 0.478 e. The molecule has 0 saturated carbocycles. The molecule has 0 aliphatic rings. The van der Waals surface area contributed by atoms with Crippen molar-refractivity contribution in [1.82, 2.24) is 9.78 Å². The standard InChI is InChI=1S/C12H11Cl2N3O2/c1-5-10(14)6(2)17(16-5)11-8(12(18)19)3-7(15)4-9(11)13/h3-4H,15H2,1-2H3,(H,18,19). The first-order chi connectivity index (χ1) is 8.82. The van der Waals surface area contributed by atoms with E-state index in [1.807, 2.05) is 0 Å². The summed E-state index contributed by atoms with van der Waals surface area (Å²) in [6.07, 6.45) is 0. The van der Waals surface area contributed by atoms with E-state index in [0.29, 0.717) is 16.4 Å². The predicted octanol–water partition coefficient (Wildman–Crippen LogP) is 3.08. The number of halogens is 2. The number of aromatic carboxylic acids is 1. The molecule has 0 radical (unpaired) electrons. The molecule has 0 amide bonds. The lowest BCUT2D eigenvalue weighted by Gasteiger charge is -2.11. The summed E-state index contributed by atoms with van der Waals surface area (Å²) < 4.78 is 1.42. The molecular formula is C12H11Cl2N3O2. The summed E-state index contributed by atoms with van der Waals surface area (Å²) in [7, 11) is 0. The Labute approximate surface area is 119 Å². The predicted molar refractivity (Wildman–Crippen MR) is 74.4 cm³/mol. The summed E-state index contributed by atoms with van der Waals surface area (Å²) in [4.78, 5) is 11.3. The Morgan fingerprint density at radius 2 is 2.00 bits per heavy atom. The number of carboxylic acids is 1. The van der Waals surface area contributed by atoms with E-state index in [2.05, 4.69) is 5.10 Å². The number of aryl methyl sites for hydroxylation is 1. The van der Waals surface area contributed by atoms with Gasteiger partial charge in [0.1, 0.15) is 0 Å². The van der Waals surface area contributed by atoms with Crippen LogP contribution in [-0.2, 0) is 0 Å². The van der Waals surface area contributed by atoms with Gasteiger partial charge in [-0.1, -0.05) is 23.2 Å². The highest BCUT2D eigenvalue weighted by Gasteiger charge is 2.20. The number of nitrogens with two attached hydrogens (primary N) is 1. The molecule has 0 saturated heterocycles. The van der Waals surface area contributed by atoms with Gasteiger partial charge < -0.3 is 10.8 Å². The van der Waals surface area contributed by atoms with Crippen molar-refractivity contribution in [2.24, 2.45) is 0 Å². The Morgan fingerprint density at radius 3 is 2.47 bits per heavy atom. The Hall–Kier alpha value is -1.72. The SMILES string of the molecule is Cc1nn(-c2c(Cl)cc(N)cc2C(=O)O)c(C)c1Cl. The number of rotatable bonds is 2. The summed E-state index contributed by atoms with van der Waals surface area (Å²) in [6, 6.07) is 2.82. The summed E-state index contributed by atoms with van der Waals surface area (Å²) in [5, 5.41) is 14.1. The zero-order valence-corrected chi connectivity index (χ0v) is 11.7. The molecule has 0 bridgehead atoms. The number of carboxylic acid groups (broad SMARTS) is 1. The van der Waals surface area contributed by atoms with Gasteiger partial charge >= 0.3 is 5.97 Å². The van der Waals surface area contributed by atoms with Gasteiger partial charge in [-0.3, -0.25) is 0 Å². The third-order valence-electron chi connectivity index (χ3n) is 2.73. The van der Waals surface area contributed by atoms with Gasteiger partial charge in [0, 0.05) is 5.69 Å². The van der Waals surface area contributed by atoms with Crippen LogP contribution in [-0.4, -0.2) is 20.9 Å². The lowest BCUT2D eigenvalue weighted by Crippen LogP contribution is -2.09. The van der Waals surface area contributed by atoms with Crippen molar-refractivity contribution in [3.8, 4) is 5.69 Å². The first-order valence-corrected chi connectivity index (χ1v) is 6.13. The van der Waals surface area contributed by atoms with Gasteiger partial charge in [-0.05, 0) is 26.0 Å². The second kappa shape index (κ2) is 4.75. The minimum Gasteiger partial charge on any atom is -0.478 e. The number of hydrogen-bond acceptors (Lipinski definition) is 3. The smallest absolute Gasteiger partial charge is 0.338 e. The molecule has 0 aliphatic carbocycles. The third kappa shape index (κ3) is 2.27. The van der Waals surface area contributed by atoms with E-state index in [9.17, 15) is 9.90 Å². The van der Waals surface area contributed by atoms with Crippen LogP contribution in [0.4, 0.5) is 5.69 Å². The molecule has 1 aromatic carbocycles. The molecule has 3 N–H and O–H groups in total. The van der Waals surface area contributed by atoms with E-state index in [-0.39, 0.29) is 22.0 Å². The van der Waals surface area contributed by atoms with Crippen LogP contribution in [0.15, 0.2) is 12.1 Å². The number of aromatic nitrogens is 2. The van der Waals surface area contributed by atoms with Crippen molar-refractivity contribution in [2.75, 3.05) is 5.73 Å². The summed E-state index contributed by atoms with van der Waals surface area (Å²) in [5.41, 5.74) is 7.35. The monoisotopic (exact) mass is 299 g/mol. The minimum absolute atomic E-state index is 0.0210. The Bertz CT molecular complexity index is 680. The fourth-order valence-corrected chi connectivity index (χ4v) is 2.27. The van der Waals surface area contributed by atoms with E-state index >= 15 is 0 Å². The number of carbonyl (C=O) groups is 1. The lowest BCUT2D eigenvalue weighted by molar-refractivity contribution is 0.0697. The number of benzene rings is 1. The molecule has 100 valence electrons. The van der Waals surface area contributed by atoms with E-state index < -0.39 is 5.97 Å². The maximum Gasteiger partial charge on any atom is 0.338 e. The van der Waals surface area contributed by atoms with Gasteiger partial charge in [0.05, 0.1) is 32.7 Å². The quantitative estimate of drug-likeness (QED) is 0.835. The molecule has 1 aromatic heterocycles. The third-order valence-corrected chi connectivity index (χ3v) is 3.57. The zero-order valence-electron chi connectivity index (χ0n) is 10.2. The van der Waals surface area contributed by atoms with Crippen LogP contribution in [0.1, 0.15) is 21.7 Å². The fourth-order valence-electron chi connectivity index (χ4n) is 1.84. The van der Waals surface area contributed by atoms with Crippen molar-refractivity contribution < 1.29 is 9.90 Å². The van der Waals surface area contributed by atoms with Crippen molar-refractivity contribution >= 4 is 34.9 Å². The Kier molecular flexibility index (Phi) is 3.43. The molecular weight excluding hydrogens is 289 g/mol. The van der Waals surface area contributed by atoms with E-state index in [0.717, 1.165) is 0 Å². The molecule has 0 fully saturated rings. The molecule has 2 aromatic rings. The number of hydrogen-bond donors (Lipinski definition) is 2. The van der Waals surface area contributed by atoms with Crippen LogP contribution in [0.2, 0.25) is 10.0 Å². The maximum atomic E-state index is 11.3. The van der Waals surface area contributed by atoms with Gasteiger partial charge in [0.2, 0.25) is 0 Å². The van der Waals surface area contributed by atoms with Gasteiger partial charge in [0.15, 0.2) is 0 Å². The number of anilines is 1. The number of nitrogen functional groups attached to an aromatic ring is 1. The average molecular weight is 300 g/mol. The van der Waals surface area contributed by atoms with Crippen molar-refractivity contribution in [3.05, 3.63) is 39.1 Å². The van der Waals surface area contributed by atoms with Gasteiger partial charge in [0.25, 0.3) is 0 Å². The second-order valence-electron chi connectivity index (χ2n) is 4.10. The molecule has 2 rings (SSSR count). The zero-order chi connectivity index (χ0) is 14.3. The van der Waals surface area contributed by atoms with Crippen LogP contribution >= 0.6 is 23.2 Å². The Morgan fingerprint density at radius 1 is 1.37 bits per heavy atom. The highest BCUT2D eigenvalue weighted by Crippen LogP contribution is 2.31. The first kappa shape index (κ1) is 13.7. The summed E-state index contributed by atoms with van der Waals surface area (Å²) in [6.45, 7) is 3.47. The maximum absolute atomic E-state index is 11.3. The molecule has 7 heteroatoms. The van der Waals surface area contributed by atoms with Gasteiger partial charge in [-0.25, -0.2) is 9.48 Å². The molecule has 5 nitrogen and oxygen atoms in total. The lowest BCUT2D eigenvalue weighted by atomic mass is 10.1. The number of nitrogens with zero attached hydrogens (tertiary/aromatic N) is 2. The molecule has 19 heavy (non-hydrogen) atoms. The molecule has 1 heterocycles. The summed E-state index contributed by atoms with van der Waals surface area (Å²) >= 11 is 12.2. The Balaban J connectivity index is 2.81. The van der Waals surface area contributed by atoms with Crippen LogP contribution in [0.3, 0.4) is 0 Å². The highest BCUT2D eigenvalue weighted by atomic mass is 35.5. The van der Waals surface area contributed by atoms with E-state index in [4.69, 9.17) is 28.9 Å². The fraction of sp³-hybridized carbons (Fsp3) is 0.167. The molecule has 0 unspecified atom stereocenters. The second-order valence-corrected chi connectivity index (χ2v) is 4.89. The van der Waals surface area contributed by atoms with Crippen LogP contribution < -0.4 is 5.73 Å². The summed E-state index contributed by atoms with van der Waals surface area (Å²) in [5.74, 6) is -1.13.